The van der Waals surface area contributed by atoms with Crippen molar-refractivity contribution in [3.63, 3.8) is 0 Å². The highest BCUT2D eigenvalue weighted by atomic mass is 19.3. The number of amides is 1. The highest BCUT2D eigenvalue weighted by Crippen LogP contribution is 2.29. The number of hydrogen-bond acceptors (Lipinski definition) is 4. The van der Waals surface area contributed by atoms with E-state index in [2.05, 4.69) is 41.1 Å². The van der Waals surface area contributed by atoms with Crippen LogP contribution >= 0.6 is 0 Å². The largest absolute Gasteiger partial charge is 0.437 e. The predicted molar refractivity (Wildman–Crippen MR) is 100 cm³/mol. The molecular weight excluding hydrogens is 364 g/mol. The SMILES string of the molecule is CCc1ccc(CN2CCc3oc(C(=O)N4CCC(F)(F)CC4)nc3C2)cc1. The summed E-state index contributed by atoms with van der Waals surface area (Å²) in [6.45, 7) is 4.50. The number of aryl methyl sites for hydroxylation is 1. The third-order valence-corrected chi connectivity index (χ3v) is 5.61. The van der Waals surface area contributed by atoms with Gasteiger partial charge in [-0.1, -0.05) is 31.2 Å². The maximum absolute atomic E-state index is 13.3. The molecule has 2 aromatic rings. The van der Waals surface area contributed by atoms with Crippen LogP contribution in [0.1, 0.15) is 53.0 Å². The molecule has 1 fully saturated rings. The lowest BCUT2D eigenvalue weighted by molar-refractivity contribution is -0.0499. The summed E-state index contributed by atoms with van der Waals surface area (Å²) in [6, 6.07) is 8.61. The number of rotatable bonds is 4. The maximum Gasteiger partial charge on any atom is 0.309 e. The molecular formula is C21H25F2N3O2. The van der Waals surface area contributed by atoms with E-state index in [0.717, 1.165) is 31.0 Å². The van der Waals surface area contributed by atoms with Crippen LogP contribution in [0.3, 0.4) is 0 Å². The third-order valence-electron chi connectivity index (χ3n) is 5.61. The van der Waals surface area contributed by atoms with Crippen LogP contribution in [-0.2, 0) is 25.9 Å². The summed E-state index contributed by atoms with van der Waals surface area (Å²) in [7, 11) is 0. The third kappa shape index (κ3) is 4.09. The Morgan fingerprint density at radius 3 is 2.50 bits per heavy atom. The van der Waals surface area contributed by atoms with E-state index in [0.29, 0.717) is 13.0 Å². The molecule has 0 radical (unpaired) electrons. The first-order valence-corrected chi connectivity index (χ1v) is 9.89. The van der Waals surface area contributed by atoms with Crippen molar-refractivity contribution in [3.05, 3.63) is 52.7 Å². The normalized spacial score (nSPS) is 19.5. The van der Waals surface area contributed by atoms with E-state index in [1.807, 2.05) is 0 Å². The molecule has 0 saturated carbocycles. The molecule has 3 heterocycles. The summed E-state index contributed by atoms with van der Waals surface area (Å²) >= 11 is 0. The average Bonchev–Trinajstić information content (AvgIpc) is 3.11. The number of alkyl halides is 2. The van der Waals surface area contributed by atoms with E-state index < -0.39 is 5.92 Å². The van der Waals surface area contributed by atoms with Crippen molar-refractivity contribution in [3.8, 4) is 0 Å². The van der Waals surface area contributed by atoms with Gasteiger partial charge in [0, 0.05) is 52.0 Å². The van der Waals surface area contributed by atoms with E-state index in [-0.39, 0.29) is 37.7 Å². The monoisotopic (exact) mass is 389 g/mol. The zero-order chi connectivity index (χ0) is 19.7. The molecule has 4 rings (SSSR count). The van der Waals surface area contributed by atoms with E-state index in [9.17, 15) is 13.6 Å². The molecule has 2 aliphatic rings. The molecule has 5 nitrogen and oxygen atoms in total. The minimum Gasteiger partial charge on any atom is -0.437 e. The number of fused-ring (bicyclic) bond motifs is 1. The van der Waals surface area contributed by atoms with Crippen molar-refractivity contribution in [2.75, 3.05) is 19.6 Å². The van der Waals surface area contributed by atoms with Crippen LogP contribution in [0.5, 0.6) is 0 Å². The number of halogens is 2. The Morgan fingerprint density at radius 2 is 1.82 bits per heavy atom. The first-order valence-electron chi connectivity index (χ1n) is 9.89. The zero-order valence-electron chi connectivity index (χ0n) is 16.1. The fraction of sp³-hybridized carbons (Fsp3) is 0.524. The van der Waals surface area contributed by atoms with Gasteiger partial charge in [-0.2, -0.15) is 0 Å². The lowest BCUT2D eigenvalue weighted by atomic mass is 10.1. The Morgan fingerprint density at radius 1 is 1.14 bits per heavy atom. The number of hydrogen-bond donors (Lipinski definition) is 0. The first-order chi connectivity index (χ1) is 13.4. The van der Waals surface area contributed by atoms with Crippen LogP contribution in [0.2, 0.25) is 0 Å². The lowest BCUT2D eigenvalue weighted by Gasteiger charge is -2.30. The van der Waals surface area contributed by atoms with Gasteiger partial charge in [-0.3, -0.25) is 9.69 Å². The standard InChI is InChI=1S/C21H25F2N3O2/c1-2-15-3-5-16(6-4-15)13-25-10-7-18-17(14-25)24-19(28-18)20(27)26-11-8-21(22,23)9-12-26/h3-6H,2,7-14H2,1H3. The van der Waals surface area contributed by atoms with Gasteiger partial charge in [-0.15, -0.1) is 0 Å². The second-order valence-corrected chi connectivity index (χ2v) is 7.67. The van der Waals surface area contributed by atoms with Gasteiger partial charge in [-0.25, -0.2) is 13.8 Å². The topological polar surface area (TPSA) is 49.6 Å². The minimum absolute atomic E-state index is 0.0318. The van der Waals surface area contributed by atoms with Crippen LogP contribution in [0.4, 0.5) is 8.78 Å². The van der Waals surface area contributed by atoms with Crippen molar-refractivity contribution >= 4 is 5.91 Å². The second kappa shape index (κ2) is 7.62. The molecule has 2 aliphatic heterocycles. The summed E-state index contributed by atoms with van der Waals surface area (Å²) in [5.74, 6) is -2.29. The summed E-state index contributed by atoms with van der Waals surface area (Å²) < 4.78 is 32.3. The number of nitrogens with zero attached hydrogens (tertiary/aromatic N) is 3. The number of carbonyl (C=O) groups is 1. The molecule has 0 bridgehead atoms. The van der Waals surface area contributed by atoms with E-state index in [4.69, 9.17) is 4.42 Å². The van der Waals surface area contributed by atoms with Crippen LogP contribution < -0.4 is 0 Å². The average molecular weight is 389 g/mol. The summed E-state index contributed by atoms with van der Waals surface area (Å²) in [5.41, 5.74) is 3.34. The fourth-order valence-electron chi connectivity index (χ4n) is 3.79. The minimum atomic E-state index is -2.68. The molecule has 150 valence electrons. The molecule has 1 aromatic carbocycles. The van der Waals surface area contributed by atoms with Gasteiger partial charge in [0.2, 0.25) is 0 Å². The molecule has 1 aromatic heterocycles. The molecule has 0 atom stereocenters. The van der Waals surface area contributed by atoms with Crippen molar-refractivity contribution in [2.45, 2.75) is 51.6 Å². The van der Waals surface area contributed by atoms with Gasteiger partial charge >= 0.3 is 5.91 Å². The van der Waals surface area contributed by atoms with E-state index in [1.165, 1.54) is 16.0 Å². The van der Waals surface area contributed by atoms with Gasteiger partial charge < -0.3 is 9.32 Å². The van der Waals surface area contributed by atoms with Crippen molar-refractivity contribution in [1.82, 2.24) is 14.8 Å². The molecule has 0 N–H and O–H groups in total. The Labute approximate surface area is 163 Å². The van der Waals surface area contributed by atoms with Gasteiger partial charge in [0.25, 0.3) is 11.8 Å². The number of likely N-dealkylation sites (tertiary alicyclic amines) is 1. The zero-order valence-corrected chi connectivity index (χ0v) is 16.1. The van der Waals surface area contributed by atoms with Crippen LogP contribution in [0.15, 0.2) is 28.7 Å². The Hall–Kier alpha value is -2.28. The van der Waals surface area contributed by atoms with Crippen LogP contribution in [0, 0.1) is 0 Å². The molecule has 0 unspecified atom stereocenters. The highest BCUT2D eigenvalue weighted by molar-refractivity contribution is 5.89. The Kier molecular flexibility index (Phi) is 5.19. The molecule has 1 saturated heterocycles. The molecule has 1 amide bonds. The van der Waals surface area contributed by atoms with Crippen LogP contribution in [-0.4, -0.2) is 46.2 Å². The van der Waals surface area contributed by atoms with E-state index in [1.54, 1.807) is 0 Å². The fourth-order valence-corrected chi connectivity index (χ4v) is 3.79. The summed E-state index contributed by atoms with van der Waals surface area (Å²) in [4.78, 5) is 20.7. The van der Waals surface area contributed by atoms with Gasteiger partial charge in [0.05, 0.1) is 5.69 Å². The van der Waals surface area contributed by atoms with Crippen molar-refractivity contribution < 1.29 is 18.0 Å². The van der Waals surface area contributed by atoms with Crippen molar-refractivity contribution in [1.29, 1.82) is 0 Å². The molecule has 7 heteroatoms. The van der Waals surface area contributed by atoms with Gasteiger partial charge in [0.1, 0.15) is 5.76 Å². The number of benzene rings is 1. The lowest BCUT2D eigenvalue weighted by Crippen LogP contribution is -2.42. The van der Waals surface area contributed by atoms with Gasteiger partial charge in [-0.05, 0) is 17.5 Å². The van der Waals surface area contributed by atoms with Crippen LogP contribution in [0.25, 0.3) is 0 Å². The number of aromatic nitrogens is 1. The molecule has 28 heavy (non-hydrogen) atoms. The summed E-state index contributed by atoms with van der Waals surface area (Å²) in [6.07, 6.45) is 1.12. The quantitative estimate of drug-likeness (QED) is 0.801. The molecule has 0 spiro atoms. The Bertz CT molecular complexity index is 838. The molecule has 0 aliphatic carbocycles. The number of carbonyl (C=O) groups excluding carboxylic acids is 1. The highest BCUT2D eigenvalue weighted by Gasteiger charge is 2.37. The smallest absolute Gasteiger partial charge is 0.309 e. The number of oxazole rings is 1. The second-order valence-electron chi connectivity index (χ2n) is 7.67. The van der Waals surface area contributed by atoms with Gasteiger partial charge in [0.15, 0.2) is 0 Å². The van der Waals surface area contributed by atoms with Crippen molar-refractivity contribution in [2.24, 2.45) is 0 Å². The van der Waals surface area contributed by atoms with E-state index >= 15 is 0 Å². The summed E-state index contributed by atoms with van der Waals surface area (Å²) in [5, 5.41) is 0. The predicted octanol–water partition coefficient (Wildman–Crippen LogP) is 3.67. The maximum atomic E-state index is 13.3. The number of piperidine rings is 1. The Balaban J connectivity index is 1.39. The first kappa shape index (κ1) is 19.1.